The highest BCUT2D eigenvalue weighted by atomic mass is 32.2. The Morgan fingerprint density at radius 2 is 1.89 bits per heavy atom. The van der Waals surface area contributed by atoms with E-state index in [1.807, 2.05) is 12.1 Å². The van der Waals surface area contributed by atoms with Gasteiger partial charge >= 0.3 is 0 Å². The molecule has 8 heteroatoms. The van der Waals surface area contributed by atoms with Gasteiger partial charge in [0.1, 0.15) is 0 Å². The molecule has 2 aromatic carbocycles. The molecule has 3 rings (SSSR count). The van der Waals surface area contributed by atoms with Gasteiger partial charge in [0.25, 0.3) is 15.7 Å². The van der Waals surface area contributed by atoms with Crippen LogP contribution in [0.2, 0.25) is 0 Å². The summed E-state index contributed by atoms with van der Waals surface area (Å²) in [6.07, 6.45) is 2.20. The van der Waals surface area contributed by atoms with E-state index in [0.29, 0.717) is 18.3 Å². The quantitative estimate of drug-likeness (QED) is 0.573. The van der Waals surface area contributed by atoms with Gasteiger partial charge in [-0.25, -0.2) is 8.42 Å². The van der Waals surface area contributed by atoms with E-state index in [-0.39, 0.29) is 10.6 Å². The molecule has 7 nitrogen and oxygen atoms in total. The minimum Gasteiger partial charge on any atom is -0.292 e. The van der Waals surface area contributed by atoms with Gasteiger partial charge in [0.05, 0.1) is 15.5 Å². The van der Waals surface area contributed by atoms with Crippen LogP contribution >= 0.6 is 0 Å². The molecule has 0 aliphatic carbocycles. The lowest BCUT2D eigenvalue weighted by Gasteiger charge is -2.23. The van der Waals surface area contributed by atoms with E-state index in [1.54, 1.807) is 6.07 Å². The average Bonchev–Trinajstić information content (AvgIpc) is 3.07. The van der Waals surface area contributed by atoms with Crippen LogP contribution < -0.4 is 4.72 Å². The highest BCUT2D eigenvalue weighted by Gasteiger charge is 2.26. The van der Waals surface area contributed by atoms with Crippen molar-refractivity contribution in [2.45, 2.75) is 50.7 Å². The van der Waals surface area contributed by atoms with Crippen LogP contribution in [-0.2, 0) is 23.1 Å². The Labute approximate surface area is 159 Å². The summed E-state index contributed by atoms with van der Waals surface area (Å²) in [6.45, 7) is 5.86. The highest BCUT2D eigenvalue weighted by molar-refractivity contribution is 7.92. The molecule has 0 amide bonds. The second-order valence-corrected chi connectivity index (χ2v) is 8.52. The lowest BCUT2D eigenvalue weighted by molar-refractivity contribution is -0.384. The fraction of sp³-hybridized carbons (Fsp3) is 0.368. The van der Waals surface area contributed by atoms with Crippen molar-refractivity contribution in [3.05, 3.63) is 63.7 Å². The van der Waals surface area contributed by atoms with E-state index in [1.165, 1.54) is 24.3 Å². The molecular formula is C19H23N3O4S. The number of non-ortho nitro benzene ring substituents is 1. The van der Waals surface area contributed by atoms with Crippen LogP contribution in [0, 0.1) is 10.1 Å². The van der Waals surface area contributed by atoms with Crippen LogP contribution in [0.5, 0.6) is 0 Å². The summed E-state index contributed by atoms with van der Waals surface area (Å²) in [5, 5.41) is 10.7. The number of nitro groups is 1. The first-order valence-electron chi connectivity index (χ1n) is 8.94. The molecule has 0 spiro atoms. The average molecular weight is 389 g/mol. The van der Waals surface area contributed by atoms with E-state index in [9.17, 15) is 18.5 Å². The summed E-state index contributed by atoms with van der Waals surface area (Å²) in [6, 6.07) is 10.9. The molecule has 0 bridgehead atoms. The fourth-order valence-electron chi connectivity index (χ4n) is 3.41. The predicted molar refractivity (Wildman–Crippen MR) is 104 cm³/mol. The Bertz CT molecular complexity index is 942. The topological polar surface area (TPSA) is 92.6 Å². The van der Waals surface area contributed by atoms with Crippen molar-refractivity contribution in [2.75, 3.05) is 4.72 Å². The number of hydrogen-bond acceptors (Lipinski definition) is 5. The first-order chi connectivity index (χ1) is 12.8. The molecule has 144 valence electrons. The molecule has 1 aliphatic rings. The maximum absolute atomic E-state index is 12.7. The lowest BCUT2D eigenvalue weighted by Crippen LogP contribution is -2.27. The van der Waals surface area contributed by atoms with Gasteiger partial charge in [0, 0.05) is 31.3 Å². The molecule has 2 aromatic rings. The zero-order valence-corrected chi connectivity index (χ0v) is 16.2. The van der Waals surface area contributed by atoms with Crippen molar-refractivity contribution in [1.82, 2.24) is 4.90 Å². The first kappa shape index (κ1) is 19.3. The minimum atomic E-state index is -3.82. The molecule has 27 heavy (non-hydrogen) atoms. The predicted octanol–water partition coefficient (Wildman–Crippen LogP) is 3.90. The standard InChI is InChI=1S/C19H23N3O4S/c1-3-5-14(2)21-12-15-6-4-7-19(18(15)13-21)20-27(25,26)17-10-8-16(9-11-17)22(23)24/h4,6-11,14,20H,3,5,12-13H2,1-2H3/t14-/m1/s1. The van der Waals surface area contributed by atoms with Crippen LogP contribution in [0.15, 0.2) is 47.4 Å². The minimum absolute atomic E-state index is 0.0000860. The first-order valence-corrected chi connectivity index (χ1v) is 10.4. The van der Waals surface area contributed by atoms with Crippen molar-refractivity contribution >= 4 is 21.4 Å². The summed E-state index contributed by atoms with van der Waals surface area (Å²) < 4.78 is 28.1. The highest BCUT2D eigenvalue weighted by Crippen LogP contribution is 2.32. The van der Waals surface area contributed by atoms with Crippen molar-refractivity contribution in [2.24, 2.45) is 0 Å². The van der Waals surface area contributed by atoms with Crippen LogP contribution in [-0.4, -0.2) is 24.3 Å². The van der Waals surface area contributed by atoms with E-state index >= 15 is 0 Å². The maximum Gasteiger partial charge on any atom is 0.269 e. The molecule has 0 fully saturated rings. The van der Waals surface area contributed by atoms with E-state index in [4.69, 9.17) is 0 Å². The lowest BCUT2D eigenvalue weighted by atomic mass is 10.1. The summed E-state index contributed by atoms with van der Waals surface area (Å²) in [7, 11) is -3.82. The van der Waals surface area contributed by atoms with Crippen molar-refractivity contribution < 1.29 is 13.3 Å². The Balaban J connectivity index is 1.83. The largest absolute Gasteiger partial charge is 0.292 e. The third kappa shape index (κ3) is 4.12. The number of benzene rings is 2. The van der Waals surface area contributed by atoms with Gasteiger partial charge in [-0.3, -0.25) is 19.7 Å². The van der Waals surface area contributed by atoms with Crippen LogP contribution in [0.25, 0.3) is 0 Å². The Morgan fingerprint density at radius 1 is 1.19 bits per heavy atom. The molecule has 1 aliphatic heterocycles. The van der Waals surface area contributed by atoms with Crippen molar-refractivity contribution in [3.8, 4) is 0 Å². The van der Waals surface area contributed by atoms with Gasteiger partial charge in [0.2, 0.25) is 0 Å². The molecule has 0 unspecified atom stereocenters. The van der Waals surface area contributed by atoms with Crippen molar-refractivity contribution in [1.29, 1.82) is 0 Å². The molecule has 0 aromatic heterocycles. The smallest absolute Gasteiger partial charge is 0.269 e. The molecule has 1 atom stereocenters. The van der Waals surface area contributed by atoms with E-state index < -0.39 is 14.9 Å². The van der Waals surface area contributed by atoms with E-state index in [2.05, 4.69) is 23.5 Å². The summed E-state index contributed by atoms with van der Waals surface area (Å²) in [5.41, 5.74) is 2.54. The van der Waals surface area contributed by atoms with E-state index in [0.717, 1.165) is 30.5 Å². The maximum atomic E-state index is 12.7. The zero-order valence-electron chi connectivity index (χ0n) is 15.4. The van der Waals surface area contributed by atoms with Crippen LogP contribution in [0.1, 0.15) is 37.8 Å². The Kier molecular flexibility index (Phi) is 5.48. The SMILES string of the molecule is CCC[C@@H](C)N1Cc2cccc(NS(=O)(=O)c3ccc([N+](=O)[O-])cc3)c2C1. The molecule has 0 radical (unpaired) electrons. The second kappa shape index (κ2) is 7.66. The molecule has 0 saturated heterocycles. The summed E-state index contributed by atoms with van der Waals surface area (Å²) in [4.78, 5) is 12.5. The normalized spacial score (nSPS) is 15.3. The second-order valence-electron chi connectivity index (χ2n) is 6.84. The van der Waals surface area contributed by atoms with Gasteiger partial charge < -0.3 is 0 Å². The Hall–Kier alpha value is -2.45. The number of nitrogens with zero attached hydrogens (tertiary/aromatic N) is 2. The molecular weight excluding hydrogens is 366 g/mol. The van der Waals surface area contributed by atoms with Crippen LogP contribution in [0.4, 0.5) is 11.4 Å². The molecule has 1 N–H and O–H groups in total. The third-order valence-corrected chi connectivity index (χ3v) is 6.32. The number of hydrogen-bond donors (Lipinski definition) is 1. The zero-order chi connectivity index (χ0) is 19.6. The monoisotopic (exact) mass is 389 g/mol. The molecule has 1 heterocycles. The van der Waals surface area contributed by atoms with Crippen LogP contribution in [0.3, 0.4) is 0 Å². The molecule has 0 saturated carbocycles. The fourth-order valence-corrected chi connectivity index (χ4v) is 4.50. The summed E-state index contributed by atoms with van der Waals surface area (Å²) >= 11 is 0. The van der Waals surface area contributed by atoms with Gasteiger partial charge in [-0.2, -0.15) is 0 Å². The number of nitrogens with one attached hydrogen (secondary N) is 1. The number of anilines is 1. The van der Waals surface area contributed by atoms with Gasteiger partial charge in [-0.1, -0.05) is 25.5 Å². The third-order valence-electron chi connectivity index (χ3n) is 4.94. The van der Waals surface area contributed by atoms with Gasteiger partial charge in [0.15, 0.2) is 0 Å². The number of fused-ring (bicyclic) bond motifs is 1. The van der Waals surface area contributed by atoms with Gasteiger partial charge in [-0.15, -0.1) is 0 Å². The summed E-state index contributed by atoms with van der Waals surface area (Å²) in [5.74, 6) is 0. The number of nitro benzene ring substituents is 1. The van der Waals surface area contributed by atoms with Gasteiger partial charge in [-0.05, 0) is 42.7 Å². The number of rotatable bonds is 7. The number of sulfonamides is 1. The Morgan fingerprint density at radius 3 is 2.52 bits per heavy atom. The van der Waals surface area contributed by atoms with Crippen molar-refractivity contribution in [3.63, 3.8) is 0 Å².